The number of methoxy groups -OCH3 is 1. The van der Waals surface area contributed by atoms with Crippen molar-refractivity contribution in [2.45, 2.75) is 37.6 Å². The summed E-state index contributed by atoms with van der Waals surface area (Å²) in [5.74, 6) is -3.87. The predicted molar refractivity (Wildman–Crippen MR) is 194 cm³/mol. The van der Waals surface area contributed by atoms with E-state index in [1.165, 1.54) is 80.8 Å². The molecule has 4 aromatic carbocycles. The Morgan fingerprint density at radius 3 is 1.98 bits per heavy atom. The van der Waals surface area contributed by atoms with E-state index in [4.69, 9.17) is 28.1 Å². The standard InChI is InChI=1S/C40H34O15/c1-20-36(53-31(46)15-6-21-3-10-24(41)11-4-21)35(49)39(54-32(47)16-7-22-5-14-27(44)29(17-22)50-2)40(51-20)55-38-34(48)33-28(45)18-26(43)19-30(33)52-37(38)23-8-12-25(42)13-9-23/h3-20,35-36,39-45,49H,1-2H3. The minimum Gasteiger partial charge on any atom is -0.508 e. The summed E-state index contributed by atoms with van der Waals surface area (Å²) in [5, 5.41) is 61.3. The fourth-order valence-electron chi connectivity index (χ4n) is 5.73. The maximum Gasteiger partial charge on any atom is 0.331 e. The number of phenols is 5. The molecule has 15 nitrogen and oxygen atoms in total. The number of ether oxygens (including phenoxy) is 5. The molecule has 0 saturated carbocycles. The normalized spacial score (nSPS) is 19.7. The van der Waals surface area contributed by atoms with Gasteiger partial charge in [-0.3, -0.25) is 4.79 Å². The summed E-state index contributed by atoms with van der Waals surface area (Å²) in [6.45, 7) is 1.44. The Hall–Kier alpha value is -6.97. The molecule has 0 aliphatic carbocycles. The predicted octanol–water partition coefficient (Wildman–Crippen LogP) is 4.73. The Labute approximate surface area is 311 Å². The highest BCUT2D eigenvalue weighted by Gasteiger charge is 2.49. The van der Waals surface area contributed by atoms with Crippen molar-refractivity contribution < 1.29 is 68.3 Å². The van der Waals surface area contributed by atoms with Gasteiger partial charge >= 0.3 is 11.9 Å². The van der Waals surface area contributed by atoms with Gasteiger partial charge in [0, 0.05) is 29.8 Å². The van der Waals surface area contributed by atoms with E-state index in [9.17, 15) is 45.0 Å². The quantitative estimate of drug-likeness (QED) is 0.0836. The SMILES string of the molecule is COc1cc(C=CC(=O)OC2C(Oc3c(-c4ccc(O)cc4)oc4cc(O)cc(O)c4c3=O)OC(C)C(OC(=O)C=Cc3ccc(O)cc3)C2O)ccc1O. The highest BCUT2D eigenvalue weighted by molar-refractivity contribution is 5.89. The van der Waals surface area contributed by atoms with E-state index in [1.54, 1.807) is 12.1 Å². The number of carbonyl (C=O) groups excluding carboxylic acids is 2. The molecule has 5 unspecified atom stereocenters. The molecule has 1 fully saturated rings. The van der Waals surface area contributed by atoms with Gasteiger partial charge in [-0.2, -0.15) is 0 Å². The van der Waals surface area contributed by atoms with Gasteiger partial charge in [-0.05, 0) is 78.7 Å². The topological polar surface area (TPSA) is 232 Å². The number of esters is 2. The van der Waals surface area contributed by atoms with E-state index in [0.29, 0.717) is 11.1 Å². The number of fused-ring (bicyclic) bond motifs is 1. The van der Waals surface area contributed by atoms with Crippen LogP contribution in [0.2, 0.25) is 0 Å². The van der Waals surface area contributed by atoms with Crippen LogP contribution in [-0.2, 0) is 23.8 Å². The molecular weight excluding hydrogens is 720 g/mol. The summed E-state index contributed by atoms with van der Waals surface area (Å²) in [5.41, 5.74) is 0.0290. The second-order valence-electron chi connectivity index (χ2n) is 12.3. The fraction of sp³-hybridized carbons (Fsp3) is 0.175. The highest BCUT2D eigenvalue weighted by atomic mass is 16.7. The Kier molecular flexibility index (Phi) is 11.0. The van der Waals surface area contributed by atoms with Crippen molar-refractivity contribution in [3.05, 3.63) is 112 Å². The number of phenolic OH excluding ortho intramolecular Hbond substituents is 5. The molecule has 1 saturated heterocycles. The lowest BCUT2D eigenvalue weighted by molar-refractivity contribution is -0.275. The largest absolute Gasteiger partial charge is 0.508 e. The zero-order valence-corrected chi connectivity index (χ0v) is 29.1. The van der Waals surface area contributed by atoms with E-state index in [2.05, 4.69) is 0 Å². The molecule has 1 aliphatic rings. The van der Waals surface area contributed by atoms with E-state index >= 15 is 0 Å². The van der Waals surface area contributed by atoms with Crippen LogP contribution >= 0.6 is 0 Å². The molecule has 2 heterocycles. The van der Waals surface area contributed by atoms with Crippen molar-refractivity contribution in [3.8, 4) is 51.6 Å². The minimum atomic E-state index is -1.82. The third-order valence-electron chi connectivity index (χ3n) is 8.46. The molecule has 15 heteroatoms. The monoisotopic (exact) mass is 754 g/mol. The van der Waals surface area contributed by atoms with E-state index in [0.717, 1.165) is 24.3 Å². The highest BCUT2D eigenvalue weighted by Crippen LogP contribution is 2.38. The third-order valence-corrected chi connectivity index (χ3v) is 8.46. The van der Waals surface area contributed by atoms with Gasteiger partial charge in [-0.1, -0.05) is 18.2 Å². The lowest BCUT2D eigenvalue weighted by Crippen LogP contribution is -2.61. The van der Waals surface area contributed by atoms with Crippen LogP contribution in [-0.4, -0.2) is 80.4 Å². The van der Waals surface area contributed by atoms with Crippen LogP contribution in [0, 0.1) is 0 Å². The number of hydrogen-bond acceptors (Lipinski definition) is 15. The molecule has 6 rings (SSSR count). The molecule has 0 spiro atoms. The third kappa shape index (κ3) is 8.48. The van der Waals surface area contributed by atoms with Crippen LogP contribution in [0.15, 0.2) is 100 Å². The van der Waals surface area contributed by atoms with Crippen LogP contribution in [0.3, 0.4) is 0 Å². The van der Waals surface area contributed by atoms with Crippen molar-refractivity contribution in [2.75, 3.05) is 7.11 Å². The van der Waals surface area contributed by atoms with Crippen molar-refractivity contribution in [2.24, 2.45) is 0 Å². The van der Waals surface area contributed by atoms with Gasteiger partial charge in [0.1, 0.15) is 40.1 Å². The molecule has 1 aromatic heterocycles. The first-order valence-corrected chi connectivity index (χ1v) is 16.6. The van der Waals surface area contributed by atoms with Gasteiger partial charge in [0.2, 0.25) is 17.5 Å². The van der Waals surface area contributed by atoms with Crippen LogP contribution in [0.5, 0.6) is 40.2 Å². The maximum absolute atomic E-state index is 14.0. The number of benzene rings is 4. The first kappa shape index (κ1) is 37.8. The van der Waals surface area contributed by atoms with Crippen LogP contribution in [0.25, 0.3) is 34.4 Å². The Balaban J connectivity index is 1.36. The number of rotatable bonds is 10. The first-order chi connectivity index (χ1) is 26.3. The van der Waals surface area contributed by atoms with Crippen molar-refractivity contribution in [1.82, 2.24) is 0 Å². The van der Waals surface area contributed by atoms with Gasteiger partial charge in [-0.15, -0.1) is 0 Å². The molecule has 5 atom stereocenters. The molecule has 284 valence electrons. The zero-order chi connectivity index (χ0) is 39.4. The smallest absolute Gasteiger partial charge is 0.331 e. The van der Waals surface area contributed by atoms with Gasteiger partial charge < -0.3 is 58.7 Å². The Morgan fingerprint density at radius 1 is 0.727 bits per heavy atom. The summed E-state index contributed by atoms with van der Waals surface area (Å²) < 4.78 is 34.3. The molecule has 1 aliphatic heterocycles. The molecule has 0 amide bonds. The van der Waals surface area contributed by atoms with Gasteiger partial charge in [0.05, 0.1) is 13.2 Å². The van der Waals surface area contributed by atoms with Crippen molar-refractivity contribution in [1.29, 1.82) is 0 Å². The minimum absolute atomic E-state index is 0.0266. The maximum atomic E-state index is 14.0. The van der Waals surface area contributed by atoms with Gasteiger partial charge in [-0.25, -0.2) is 9.59 Å². The zero-order valence-electron chi connectivity index (χ0n) is 29.1. The Morgan fingerprint density at radius 2 is 1.33 bits per heavy atom. The van der Waals surface area contributed by atoms with Gasteiger partial charge in [0.25, 0.3) is 0 Å². The lowest BCUT2D eigenvalue weighted by Gasteiger charge is -2.41. The lowest BCUT2D eigenvalue weighted by atomic mass is 9.99. The second-order valence-corrected chi connectivity index (χ2v) is 12.3. The molecule has 0 bridgehead atoms. The van der Waals surface area contributed by atoms with Crippen LogP contribution in [0.4, 0.5) is 0 Å². The summed E-state index contributed by atoms with van der Waals surface area (Å²) in [4.78, 5) is 40.2. The Bertz CT molecular complexity index is 2330. The second kappa shape index (κ2) is 16.0. The van der Waals surface area contributed by atoms with Gasteiger partial charge in [0.15, 0.2) is 29.5 Å². The number of aromatic hydroxyl groups is 5. The molecule has 0 radical (unpaired) electrons. The van der Waals surface area contributed by atoms with Crippen LogP contribution < -0.4 is 14.9 Å². The number of aliphatic hydroxyl groups is 1. The number of carbonyl (C=O) groups is 2. The van der Waals surface area contributed by atoms with Crippen molar-refractivity contribution >= 4 is 35.1 Å². The fourth-order valence-corrected chi connectivity index (χ4v) is 5.73. The number of hydrogen-bond donors (Lipinski definition) is 6. The van der Waals surface area contributed by atoms with E-state index < -0.39 is 65.3 Å². The molecule has 5 aromatic rings. The first-order valence-electron chi connectivity index (χ1n) is 16.6. The molecule has 55 heavy (non-hydrogen) atoms. The average molecular weight is 755 g/mol. The summed E-state index contributed by atoms with van der Waals surface area (Å²) in [7, 11) is 1.35. The average Bonchev–Trinajstić information content (AvgIpc) is 3.15. The summed E-state index contributed by atoms with van der Waals surface area (Å²) in [6, 6.07) is 17.7. The van der Waals surface area contributed by atoms with Crippen molar-refractivity contribution in [3.63, 3.8) is 0 Å². The van der Waals surface area contributed by atoms with Crippen LogP contribution in [0.1, 0.15) is 18.1 Å². The summed E-state index contributed by atoms with van der Waals surface area (Å²) in [6.07, 6.45) is -3.12. The molecular formula is C40H34O15. The number of aliphatic hydroxyl groups excluding tert-OH is 1. The van der Waals surface area contributed by atoms with E-state index in [1.807, 2.05) is 0 Å². The summed E-state index contributed by atoms with van der Waals surface area (Å²) >= 11 is 0. The van der Waals surface area contributed by atoms with E-state index in [-0.39, 0.29) is 45.3 Å². The molecule has 6 N–H and O–H groups in total.